The third kappa shape index (κ3) is 5.39. The van der Waals surface area contributed by atoms with Crippen molar-refractivity contribution < 1.29 is 17.9 Å². The van der Waals surface area contributed by atoms with Gasteiger partial charge in [0.05, 0.1) is 12.3 Å². The number of aromatic nitrogens is 1. The number of aryl methyl sites for hydroxylation is 1. The highest BCUT2D eigenvalue weighted by Crippen LogP contribution is 2.23. The minimum Gasteiger partial charge on any atom is -0.492 e. The fourth-order valence-electron chi connectivity index (χ4n) is 1.28. The predicted octanol–water partition coefficient (Wildman–Crippen LogP) is 4.01. The van der Waals surface area contributed by atoms with Crippen molar-refractivity contribution in [2.24, 2.45) is 0 Å². The number of ether oxygens (including phenoxy) is 1. The molecule has 0 saturated carbocycles. The molecule has 0 radical (unpaired) electrons. The Bertz CT molecular complexity index is 368. The van der Waals surface area contributed by atoms with Crippen molar-refractivity contribution in [3.8, 4) is 5.75 Å². The maximum Gasteiger partial charge on any atom is 0.389 e. The summed E-state index contributed by atoms with van der Waals surface area (Å²) in [6, 6.07) is 3.50. The molecule has 0 spiro atoms. The van der Waals surface area contributed by atoms with Crippen LogP contribution in [0.2, 0.25) is 0 Å². The van der Waals surface area contributed by atoms with Crippen LogP contribution in [-0.2, 0) is 5.33 Å². The van der Waals surface area contributed by atoms with Gasteiger partial charge in [0.25, 0.3) is 0 Å². The summed E-state index contributed by atoms with van der Waals surface area (Å²) in [5, 5.41) is 0.517. The summed E-state index contributed by atoms with van der Waals surface area (Å²) in [6.07, 6.45) is -4.98. The zero-order chi connectivity index (χ0) is 12.9. The average Bonchev–Trinajstić information content (AvgIpc) is 2.24. The summed E-state index contributed by atoms with van der Waals surface area (Å²) in [6.45, 7) is 1.89. The van der Waals surface area contributed by atoms with Crippen LogP contribution in [0.15, 0.2) is 12.1 Å². The fourth-order valence-corrected chi connectivity index (χ4v) is 1.68. The van der Waals surface area contributed by atoms with Crippen molar-refractivity contribution in [2.75, 3.05) is 6.61 Å². The molecule has 0 unspecified atom stereocenters. The Morgan fingerprint density at radius 1 is 1.35 bits per heavy atom. The third-order valence-electron chi connectivity index (χ3n) is 2.06. The van der Waals surface area contributed by atoms with E-state index < -0.39 is 12.6 Å². The van der Waals surface area contributed by atoms with Crippen molar-refractivity contribution in [3.63, 3.8) is 0 Å². The molecule has 0 atom stereocenters. The first-order valence-electron chi connectivity index (χ1n) is 5.14. The Balaban J connectivity index is 2.46. The van der Waals surface area contributed by atoms with E-state index >= 15 is 0 Å². The molecule has 0 N–H and O–H groups in total. The maximum absolute atomic E-state index is 11.9. The van der Waals surface area contributed by atoms with Gasteiger partial charge in [-0.2, -0.15) is 13.2 Å². The third-order valence-corrected chi connectivity index (χ3v) is 2.59. The number of pyridine rings is 1. The highest BCUT2D eigenvalue weighted by molar-refractivity contribution is 9.08. The van der Waals surface area contributed by atoms with E-state index in [2.05, 4.69) is 20.9 Å². The lowest BCUT2D eigenvalue weighted by Gasteiger charge is -2.10. The summed E-state index contributed by atoms with van der Waals surface area (Å²) < 4.78 is 41.0. The van der Waals surface area contributed by atoms with Gasteiger partial charge in [0, 0.05) is 17.4 Å². The smallest absolute Gasteiger partial charge is 0.389 e. The Labute approximate surface area is 106 Å². The van der Waals surface area contributed by atoms with E-state index in [-0.39, 0.29) is 13.0 Å². The second kappa shape index (κ2) is 6.23. The Morgan fingerprint density at radius 3 is 2.65 bits per heavy atom. The van der Waals surface area contributed by atoms with Crippen molar-refractivity contribution in [3.05, 3.63) is 23.5 Å². The van der Waals surface area contributed by atoms with E-state index in [4.69, 9.17) is 4.74 Å². The lowest BCUT2D eigenvalue weighted by Crippen LogP contribution is -2.10. The molecule has 0 aliphatic carbocycles. The minimum atomic E-state index is -4.12. The summed E-state index contributed by atoms with van der Waals surface area (Å²) in [5.41, 5.74) is 1.55. The topological polar surface area (TPSA) is 22.1 Å². The van der Waals surface area contributed by atoms with Gasteiger partial charge >= 0.3 is 6.18 Å². The van der Waals surface area contributed by atoms with Crippen LogP contribution in [-0.4, -0.2) is 17.8 Å². The van der Waals surface area contributed by atoms with Crippen molar-refractivity contribution >= 4 is 15.9 Å². The van der Waals surface area contributed by atoms with Gasteiger partial charge in [-0.05, 0) is 25.5 Å². The molecule has 0 fully saturated rings. The first-order valence-corrected chi connectivity index (χ1v) is 6.26. The minimum absolute atomic E-state index is 0.0426. The lowest BCUT2D eigenvalue weighted by atomic mass is 10.3. The van der Waals surface area contributed by atoms with Gasteiger partial charge in [-0.25, -0.2) is 0 Å². The average molecular weight is 312 g/mol. The molecule has 0 amide bonds. The zero-order valence-corrected chi connectivity index (χ0v) is 10.9. The highest BCUT2D eigenvalue weighted by atomic mass is 79.9. The number of hydrogen-bond acceptors (Lipinski definition) is 2. The number of halogens is 4. The number of nitrogens with zero attached hydrogens (tertiary/aromatic N) is 1. The van der Waals surface area contributed by atoms with Crippen LogP contribution in [0.4, 0.5) is 13.2 Å². The molecule has 6 heteroatoms. The van der Waals surface area contributed by atoms with E-state index in [9.17, 15) is 13.2 Å². The monoisotopic (exact) mass is 311 g/mol. The Hall–Kier alpha value is -0.780. The van der Waals surface area contributed by atoms with E-state index in [1.807, 2.05) is 6.92 Å². The Morgan fingerprint density at radius 2 is 2.06 bits per heavy atom. The van der Waals surface area contributed by atoms with E-state index in [0.29, 0.717) is 16.8 Å². The first-order chi connectivity index (χ1) is 7.92. The molecule has 17 heavy (non-hydrogen) atoms. The highest BCUT2D eigenvalue weighted by Gasteiger charge is 2.26. The van der Waals surface area contributed by atoms with Crippen LogP contribution < -0.4 is 4.74 Å². The largest absolute Gasteiger partial charge is 0.492 e. The summed E-state index contributed by atoms with van der Waals surface area (Å²) in [4.78, 5) is 4.23. The molecule has 1 aromatic heterocycles. The quantitative estimate of drug-likeness (QED) is 0.605. The van der Waals surface area contributed by atoms with Crippen LogP contribution in [0.1, 0.15) is 24.2 Å². The van der Waals surface area contributed by atoms with Gasteiger partial charge < -0.3 is 4.74 Å². The van der Waals surface area contributed by atoms with Gasteiger partial charge in [-0.3, -0.25) is 4.98 Å². The molecule has 0 aliphatic rings. The van der Waals surface area contributed by atoms with Crippen LogP contribution >= 0.6 is 15.9 Å². The lowest BCUT2D eigenvalue weighted by molar-refractivity contribution is -0.136. The standard InChI is InChI=1S/C11H13BrF3NO/c1-8-3-4-10(9(7-12)16-8)17-6-2-5-11(13,14)15/h3-4H,2,5-7H2,1H3. The zero-order valence-electron chi connectivity index (χ0n) is 9.35. The van der Waals surface area contributed by atoms with Crippen LogP contribution in [0.5, 0.6) is 5.75 Å². The van der Waals surface area contributed by atoms with Gasteiger partial charge in [0.1, 0.15) is 5.75 Å². The molecule has 96 valence electrons. The molecule has 1 heterocycles. The fraction of sp³-hybridized carbons (Fsp3) is 0.545. The van der Waals surface area contributed by atoms with Gasteiger partial charge in [-0.1, -0.05) is 15.9 Å². The number of hydrogen-bond donors (Lipinski definition) is 0. The molecule has 1 aromatic rings. The molecule has 0 aliphatic heterocycles. The number of rotatable bonds is 5. The summed E-state index contributed by atoms with van der Waals surface area (Å²) in [5.74, 6) is 0.537. The summed E-state index contributed by atoms with van der Waals surface area (Å²) >= 11 is 3.26. The van der Waals surface area contributed by atoms with Crippen molar-refractivity contribution in [1.82, 2.24) is 4.98 Å². The van der Waals surface area contributed by atoms with E-state index in [1.165, 1.54) is 0 Å². The molecule has 2 nitrogen and oxygen atoms in total. The maximum atomic E-state index is 11.9. The van der Waals surface area contributed by atoms with E-state index in [1.54, 1.807) is 12.1 Å². The van der Waals surface area contributed by atoms with Crippen LogP contribution in [0.25, 0.3) is 0 Å². The SMILES string of the molecule is Cc1ccc(OCCCC(F)(F)F)c(CBr)n1. The normalized spacial score (nSPS) is 11.6. The van der Waals surface area contributed by atoms with Crippen LogP contribution in [0, 0.1) is 6.92 Å². The van der Waals surface area contributed by atoms with Crippen LogP contribution in [0.3, 0.4) is 0 Å². The van der Waals surface area contributed by atoms with Gasteiger partial charge in [0.15, 0.2) is 0 Å². The molecular weight excluding hydrogens is 299 g/mol. The second-order valence-electron chi connectivity index (χ2n) is 3.60. The first kappa shape index (κ1) is 14.3. The van der Waals surface area contributed by atoms with Crippen molar-refractivity contribution in [1.29, 1.82) is 0 Å². The molecular formula is C11H13BrF3NO. The van der Waals surface area contributed by atoms with Gasteiger partial charge in [-0.15, -0.1) is 0 Å². The Kier molecular flexibility index (Phi) is 5.24. The molecule has 1 rings (SSSR count). The number of alkyl halides is 4. The molecule has 0 aromatic carbocycles. The molecule has 0 bridgehead atoms. The molecule has 0 saturated heterocycles. The predicted molar refractivity (Wildman–Crippen MR) is 62.4 cm³/mol. The van der Waals surface area contributed by atoms with Crippen molar-refractivity contribution in [2.45, 2.75) is 31.3 Å². The van der Waals surface area contributed by atoms with Gasteiger partial charge in [0.2, 0.25) is 0 Å². The van der Waals surface area contributed by atoms with E-state index in [0.717, 1.165) is 5.69 Å². The second-order valence-corrected chi connectivity index (χ2v) is 4.16. The summed E-state index contributed by atoms with van der Waals surface area (Å²) in [7, 11) is 0.